The lowest BCUT2D eigenvalue weighted by Crippen LogP contribution is -2.42. The number of hydrogen-bond acceptors (Lipinski definition) is 3. The quantitative estimate of drug-likeness (QED) is 0.854. The molecule has 3 heteroatoms. The Bertz CT molecular complexity index is 317. The normalized spacial score (nSPS) is 22.1. The van der Waals surface area contributed by atoms with Crippen LogP contribution in [0.25, 0.3) is 0 Å². The van der Waals surface area contributed by atoms with Gasteiger partial charge in [-0.1, -0.05) is 0 Å². The molecule has 0 bridgehead atoms. The molecule has 2 N–H and O–H groups in total. The highest BCUT2D eigenvalue weighted by molar-refractivity contribution is 7.07. The molecule has 2 rings (SSSR count). The molecule has 1 aliphatic carbocycles. The van der Waals surface area contributed by atoms with E-state index in [2.05, 4.69) is 42.6 Å². The van der Waals surface area contributed by atoms with Gasteiger partial charge in [-0.05, 0) is 62.0 Å². The zero-order chi connectivity index (χ0) is 11.7. The first-order valence-electron chi connectivity index (χ1n) is 6.11. The van der Waals surface area contributed by atoms with Crippen molar-refractivity contribution in [2.75, 3.05) is 7.05 Å². The second-order valence-electron chi connectivity index (χ2n) is 5.10. The maximum absolute atomic E-state index is 6.15. The molecule has 0 amide bonds. The van der Waals surface area contributed by atoms with Gasteiger partial charge < -0.3 is 5.73 Å². The van der Waals surface area contributed by atoms with Gasteiger partial charge in [0.15, 0.2) is 0 Å². The van der Waals surface area contributed by atoms with Gasteiger partial charge in [-0.2, -0.15) is 11.3 Å². The molecular formula is C13H22N2S. The molecule has 90 valence electrons. The number of nitrogens with two attached hydrogens (primary N) is 1. The molecule has 1 heterocycles. The highest BCUT2D eigenvalue weighted by Gasteiger charge is 2.34. The summed E-state index contributed by atoms with van der Waals surface area (Å²) < 4.78 is 0. The molecule has 16 heavy (non-hydrogen) atoms. The van der Waals surface area contributed by atoms with Gasteiger partial charge in [0, 0.05) is 12.1 Å². The molecule has 3 unspecified atom stereocenters. The van der Waals surface area contributed by atoms with Crippen LogP contribution in [0.3, 0.4) is 0 Å². The molecule has 0 radical (unpaired) electrons. The average molecular weight is 238 g/mol. The van der Waals surface area contributed by atoms with Crippen LogP contribution in [0.15, 0.2) is 16.8 Å². The van der Waals surface area contributed by atoms with Crippen LogP contribution in [0.4, 0.5) is 0 Å². The monoisotopic (exact) mass is 238 g/mol. The minimum atomic E-state index is 0.181. The topological polar surface area (TPSA) is 29.3 Å². The highest BCUT2D eigenvalue weighted by atomic mass is 32.1. The fourth-order valence-electron chi connectivity index (χ4n) is 2.52. The predicted molar refractivity (Wildman–Crippen MR) is 70.7 cm³/mol. The van der Waals surface area contributed by atoms with E-state index in [4.69, 9.17) is 5.73 Å². The van der Waals surface area contributed by atoms with E-state index in [1.165, 1.54) is 18.4 Å². The van der Waals surface area contributed by atoms with E-state index in [1.807, 2.05) is 0 Å². The van der Waals surface area contributed by atoms with E-state index in [0.717, 1.165) is 5.92 Å². The summed E-state index contributed by atoms with van der Waals surface area (Å²) in [6, 6.07) is 3.40. The number of thiophene rings is 1. The Balaban J connectivity index is 2.12. The van der Waals surface area contributed by atoms with Crippen LogP contribution in [0, 0.1) is 5.92 Å². The van der Waals surface area contributed by atoms with E-state index in [1.54, 1.807) is 11.3 Å². The van der Waals surface area contributed by atoms with Gasteiger partial charge >= 0.3 is 0 Å². The van der Waals surface area contributed by atoms with Crippen molar-refractivity contribution < 1.29 is 0 Å². The fourth-order valence-corrected chi connectivity index (χ4v) is 3.21. The third-order valence-electron chi connectivity index (χ3n) is 3.77. The van der Waals surface area contributed by atoms with Gasteiger partial charge in [0.25, 0.3) is 0 Å². The van der Waals surface area contributed by atoms with Crippen molar-refractivity contribution in [3.8, 4) is 0 Å². The van der Waals surface area contributed by atoms with Crippen LogP contribution in [-0.2, 0) is 0 Å². The van der Waals surface area contributed by atoms with Crippen LogP contribution in [-0.4, -0.2) is 24.0 Å². The molecule has 3 atom stereocenters. The van der Waals surface area contributed by atoms with Crippen molar-refractivity contribution in [2.45, 2.75) is 44.8 Å². The standard InChI is InChI=1S/C13H22N2S/c1-9(14)13(12-6-7-16-8-12)15(3)10(2)11-4-5-11/h6-11,13H,4-5,14H2,1-3H3. The van der Waals surface area contributed by atoms with Gasteiger partial charge in [-0.25, -0.2) is 0 Å². The largest absolute Gasteiger partial charge is 0.326 e. The summed E-state index contributed by atoms with van der Waals surface area (Å²) in [5.74, 6) is 0.893. The average Bonchev–Trinajstić information content (AvgIpc) is 2.96. The predicted octanol–water partition coefficient (Wildman–Crippen LogP) is 2.87. The van der Waals surface area contributed by atoms with E-state index in [0.29, 0.717) is 12.1 Å². The molecule has 1 saturated carbocycles. The summed E-state index contributed by atoms with van der Waals surface area (Å²) in [5, 5.41) is 4.37. The third kappa shape index (κ3) is 2.47. The SMILES string of the molecule is CC(N)C(c1ccsc1)N(C)C(C)C1CC1. The molecule has 1 fully saturated rings. The Kier molecular flexibility index (Phi) is 3.67. The van der Waals surface area contributed by atoms with Crippen LogP contribution in [0.5, 0.6) is 0 Å². The highest BCUT2D eigenvalue weighted by Crippen LogP contribution is 2.38. The van der Waals surface area contributed by atoms with Crippen molar-refractivity contribution in [3.05, 3.63) is 22.4 Å². The van der Waals surface area contributed by atoms with E-state index < -0.39 is 0 Å². The zero-order valence-electron chi connectivity index (χ0n) is 10.4. The van der Waals surface area contributed by atoms with Gasteiger partial charge in [0.05, 0.1) is 6.04 Å². The van der Waals surface area contributed by atoms with Crippen molar-refractivity contribution in [1.29, 1.82) is 0 Å². The van der Waals surface area contributed by atoms with Crippen molar-refractivity contribution >= 4 is 11.3 Å². The number of hydrogen-bond donors (Lipinski definition) is 1. The minimum Gasteiger partial charge on any atom is -0.326 e. The molecule has 0 aromatic carbocycles. The summed E-state index contributed by atoms with van der Waals surface area (Å²) in [7, 11) is 2.22. The van der Waals surface area contributed by atoms with Crippen molar-refractivity contribution in [1.82, 2.24) is 4.90 Å². The molecule has 0 aliphatic heterocycles. The summed E-state index contributed by atoms with van der Waals surface area (Å²) in [6.45, 7) is 4.44. The van der Waals surface area contributed by atoms with Gasteiger partial charge in [-0.3, -0.25) is 4.90 Å². The lowest BCUT2D eigenvalue weighted by molar-refractivity contribution is 0.150. The van der Waals surface area contributed by atoms with E-state index in [-0.39, 0.29) is 6.04 Å². The second kappa shape index (κ2) is 4.86. The lowest BCUT2D eigenvalue weighted by Gasteiger charge is -2.35. The van der Waals surface area contributed by atoms with Crippen LogP contribution in [0.1, 0.15) is 38.3 Å². The molecule has 1 aromatic heterocycles. The van der Waals surface area contributed by atoms with Gasteiger partial charge in [0.2, 0.25) is 0 Å². The molecular weight excluding hydrogens is 216 g/mol. The molecule has 0 saturated heterocycles. The van der Waals surface area contributed by atoms with E-state index >= 15 is 0 Å². The first-order chi connectivity index (χ1) is 7.61. The first-order valence-corrected chi connectivity index (χ1v) is 7.05. The maximum atomic E-state index is 6.15. The zero-order valence-corrected chi connectivity index (χ0v) is 11.2. The fraction of sp³-hybridized carbons (Fsp3) is 0.692. The third-order valence-corrected chi connectivity index (χ3v) is 4.47. The minimum absolute atomic E-state index is 0.181. The number of rotatable bonds is 5. The first kappa shape index (κ1) is 12.1. The Labute approximate surface area is 102 Å². The Morgan fingerprint density at radius 2 is 2.12 bits per heavy atom. The van der Waals surface area contributed by atoms with Gasteiger partial charge in [0.1, 0.15) is 0 Å². The molecule has 1 aliphatic rings. The van der Waals surface area contributed by atoms with Crippen LogP contribution < -0.4 is 5.73 Å². The number of likely N-dealkylation sites (N-methyl/N-ethyl adjacent to an activating group) is 1. The summed E-state index contributed by atoms with van der Waals surface area (Å²) in [5.41, 5.74) is 7.52. The Morgan fingerprint density at radius 3 is 2.56 bits per heavy atom. The van der Waals surface area contributed by atoms with Gasteiger partial charge in [-0.15, -0.1) is 0 Å². The Morgan fingerprint density at radius 1 is 1.44 bits per heavy atom. The second-order valence-corrected chi connectivity index (χ2v) is 5.88. The molecule has 2 nitrogen and oxygen atoms in total. The smallest absolute Gasteiger partial charge is 0.0504 e. The van der Waals surface area contributed by atoms with Crippen LogP contribution >= 0.6 is 11.3 Å². The lowest BCUT2D eigenvalue weighted by atomic mass is 10.00. The number of nitrogens with zero attached hydrogens (tertiary/aromatic N) is 1. The van der Waals surface area contributed by atoms with Crippen molar-refractivity contribution in [3.63, 3.8) is 0 Å². The van der Waals surface area contributed by atoms with Crippen molar-refractivity contribution in [2.24, 2.45) is 11.7 Å². The summed E-state index contributed by atoms with van der Waals surface area (Å²) >= 11 is 1.76. The molecule has 1 aromatic rings. The van der Waals surface area contributed by atoms with E-state index in [9.17, 15) is 0 Å². The maximum Gasteiger partial charge on any atom is 0.0504 e. The van der Waals surface area contributed by atoms with Crippen LogP contribution in [0.2, 0.25) is 0 Å². The molecule has 0 spiro atoms. The Hall–Kier alpha value is -0.380. The summed E-state index contributed by atoms with van der Waals surface area (Å²) in [6.07, 6.45) is 2.78. The summed E-state index contributed by atoms with van der Waals surface area (Å²) in [4.78, 5) is 2.46.